The number of anilines is 1. The molecule has 0 unspecified atom stereocenters. The molecule has 0 bridgehead atoms. The Kier molecular flexibility index (Phi) is 3.77. The van der Waals surface area contributed by atoms with Crippen LogP contribution in [0.15, 0.2) is 30.3 Å². The predicted molar refractivity (Wildman–Crippen MR) is 69.1 cm³/mol. The molecule has 1 saturated carbocycles. The van der Waals surface area contributed by atoms with Gasteiger partial charge in [-0.15, -0.1) is 0 Å². The zero-order chi connectivity index (χ0) is 13.0. The summed E-state index contributed by atoms with van der Waals surface area (Å²) in [6, 6.07) is 7.10. The number of carboxylic acids is 1. The Morgan fingerprint density at radius 2 is 1.89 bits per heavy atom. The van der Waals surface area contributed by atoms with Gasteiger partial charge in [0, 0.05) is 17.7 Å². The van der Waals surface area contributed by atoms with Gasteiger partial charge in [0.05, 0.1) is 0 Å². The van der Waals surface area contributed by atoms with Gasteiger partial charge < -0.3 is 10.4 Å². The fourth-order valence-electron chi connectivity index (χ4n) is 1.76. The summed E-state index contributed by atoms with van der Waals surface area (Å²) < 4.78 is 0. The van der Waals surface area contributed by atoms with Gasteiger partial charge in [0.2, 0.25) is 5.91 Å². The van der Waals surface area contributed by atoms with Crippen molar-refractivity contribution in [2.45, 2.75) is 19.3 Å². The van der Waals surface area contributed by atoms with Crippen LogP contribution in [0.2, 0.25) is 0 Å². The number of carboxylic acid groups (broad SMARTS) is 1. The van der Waals surface area contributed by atoms with Gasteiger partial charge in [-0.25, -0.2) is 4.79 Å². The first-order chi connectivity index (χ1) is 8.65. The molecule has 0 aliphatic heterocycles. The minimum absolute atomic E-state index is 0.0788. The van der Waals surface area contributed by atoms with Gasteiger partial charge in [-0.05, 0) is 36.6 Å². The highest BCUT2D eigenvalue weighted by Crippen LogP contribution is 2.27. The molecule has 0 spiro atoms. The largest absolute Gasteiger partial charge is 0.478 e. The first-order valence-electron chi connectivity index (χ1n) is 5.97. The zero-order valence-electron chi connectivity index (χ0n) is 9.93. The van der Waals surface area contributed by atoms with E-state index in [2.05, 4.69) is 5.32 Å². The molecule has 0 heterocycles. The molecule has 4 nitrogen and oxygen atoms in total. The van der Waals surface area contributed by atoms with Crippen molar-refractivity contribution in [2.75, 3.05) is 5.32 Å². The summed E-state index contributed by atoms with van der Waals surface area (Å²) in [6.45, 7) is 0. The van der Waals surface area contributed by atoms with E-state index >= 15 is 0 Å². The second kappa shape index (κ2) is 5.49. The molecule has 1 aliphatic carbocycles. The standard InChI is InChI=1S/C14H15NO3/c16-13(17)9-6-10-4-7-12(8-5-10)15-14(18)11-2-1-3-11/h4-9,11H,1-3H2,(H,15,18)(H,16,17)/b9-6+. The van der Waals surface area contributed by atoms with Crippen molar-refractivity contribution in [3.63, 3.8) is 0 Å². The zero-order valence-corrected chi connectivity index (χ0v) is 9.93. The van der Waals surface area contributed by atoms with Crippen molar-refractivity contribution in [3.8, 4) is 0 Å². The Hall–Kier alpha value is -2.10. The van der Waals surface area contributed by atoms with Crippen molar-refractivity contribution in [2.24, 2.45) is 5.92 Å². The minimum Gasteiger partial charge on any atom is -0.478 e. The molecule has 1 aromatic rings. The molecule has 0 aromatic heterocycles. The van der Waals surface area contributed by atoms with Crippen LogP contribution >= 0.6 is 0 Å². The molecule has 0 atom stereocenters. The van der Waals surface area contributed by atoms with Crippen molar-refractivity contribution in [3.05, 3.63) is 35.9 Å². The van der Waals surface area contributed by atoms with Crippen LogP contribution in [0.3, 0.4) is 0 Å². The second-order valence-corrected chi connectivity index (χ2v) is 4.41. The summed E-state index contributed by atoms with van der Waals surface area (Å²) in [5.74, 6) is -0.732. The molecular weight excluding hydrogens is 230 g/mol. The fourth-order valence-corrected chi connectivity index (χ4v) is 1.76. The van der Waals surface area contributed by atoms with E-state index in [4.69, 9.17) is 5.11 Å². The number of rotatable bonds is 4. The Labute approximate surface area is 105 Å². The maximum atomic E-state index is 11.7. The third kappa shape index (κ3) is 3.20. The topological polar surface area (TPSA) is 66.4 Å². The van der Waals surface area contributed by atoms with Crippen molar-refractivity contribution in [1.82, 2.24) is 0 Å². The molecule has 0 radical (unpaired) electrons. The lowest BCUT2D eigenvalue weighted by molar-refractivity contribution is -0.131. The number of carbonyl (C=O) groups excluding carboxylic acids is 1. The first kappa shape index (κ1) is 12.4. The Morgan fingerprint density at radius 3 is 2.39 bits per heavy atom. The van der Waals surface area contributed by atoms with Crippen molar-refractivity contribution < 1.29 is 14.7 Å². The predicted octanol–water partition coefficient (Wildman–Crippen LogP) is 2.52. The van der Waals surface area contributed by atoms with Crippen LogP contribution in [0, 0.1) is 5.92 Å². The van der Waals surface area contributed by atoms with Crippen molar-refractivity contribution in [1.29, 1.82) is 0 Å². The van der Waals surface area contributed by atoms with E-state index in [0.29, 0.717) is 0 Å². The van der Waals surface area contributed by atoms with Gasteiger partial charge in [-0.3, -0.25) is 4.79 Å². The van der Waals surface area contributed by atoms with Gasteiger partial charge in [-0.2, -0.15) is 0 Å². The van der Waals surface area contributed by atoms with Gasteiger partial charge in [0.15, 0.2) is 0 Å². The summed E-state index contributed by atoms with van der Waals surface area (Å²) in [5.41, 5.74) is 1.54. The summed E-state index contributed by atoms with van der Waals surface area (Å²) in [4.78, 5) is 22.0. The highest BCUT2D eigenvalue weighted by Gasteiger charge is 2.24. The highest BCUT2D eigenvalue weighted by molar-refractivity contribution is 5.93. The Bertz CT molecular complexity index is 472. The lowest BCUT2D eigenvalue weighted by atomic mass is 9.85. The van der Waals surface area contributed by atoms with Crippen LogP contribution in [0.1, 0.15) is 24.8 Å². The third-order valence-corrected chi connectivity index (χ3v) is 3.07. The lowest BCUT2D eigenvalue weighted by Crippen LogP contribution is -2.27. The molecule has 4 heteroatoms. The number of benzene rings is 1. The lowest BCUT2D eigenvalue weighted by Gasteiger charge is -2.24. The molecule has 18 heavy (non-hydrogen) atoms. The second-order valence-electron chi connectivity index (χ2n) is 4.41. The van der Waals surface area contributed by atoms with E-state index in [1.54, 1.807) is 24.3 Å². The van der Waals surface area contributed by atoms with Gasteiger partial charge in [0.1, 0.15) is 0 Å². The summed E-state index contributed by atoms with van der Waals surface area (Å²) in [5, 5.41) is 11.4. The van der Waals surface area contributed by atoms with Crippen LogP contribution in [0.5, 0.6) is 0 Å². The highest BCUT2D eigenvalue weighted by atomic mass is 16.4. The summed E-state index contributed by atoms with van der Waals surface area (Å²) >= 11 is 0. The molecule has 1 aliphatic rings. The maximum absolute atomic E-state index is 11.7. The van der Waals surface area contributed by atoms with E-state index in [1.807, 2.05) is 0 Å². The Balaban J connectivity index is 1.94. The number of nitrogens with one attached hydrogen (secondary N) is 1. The first-order valence-corrected chi connectivity index (χ1v) is 5.97. The fraction of sp³-hybridized carbons (Fsp3) is 0.286. The van der Waals surface area contributed by atoms with E-state index < -0.39 is 5.97 Å². The van der Waals surface area contributed by atoms with E-state index in [9.17, 15) is 9.59 Å². The number of hydrogen-bond acceptors (Lipinski definition) is 2. The third-order valence-electron chi connectivity index (χ3n) is 3.07. The smallest absolute Gasteiger partial charge is 0.328 e. The van der Waals surface area contributed by atoms with Crippen LogP contribution in [-0.2, 0) is 9.59 Å². The van der Waals surface area contributed by atoms with Crippen molar-refractivity contribution >= 4 is 23.6 Å². The molecule has 1 aromatic carbocycles. The average Bonchev–Trinajstić information content (AvgIpc) is 2.25. The summed E-state index contributed by atoms with van der Waals surface area (Å²) in [7, 11) is 0. The van der Waals surface area contributed by atoms with Gasteiger partial charge in [-0.1, -0.05) is 18.6 Å². The minimum atomic E-state index is -0.975. The quantitative estimate of drug-likeness (QED) is 0.801. The molecule has 0 saturated heterocycles. The van der Waals surface area contributed by atoms with Crippen LogP contribution in [0.4, 0.5) is 5.69 Å². The molecule has 94 valence electrons. The monoisotopic (exact) mass is 245 g/mol. The molecule has 1 amide bonds. The summed E-state index contributed by atoms with van der Waals surface area (Å²) in [6.07, 6.45) is 5.69. The normalized spacial score (nSPS) is 15.3. The molecule has 1 fully saturated rings. The SMILES string of the molecule is O=C(O)/C=C/c1ccc(NC(=O)C2CCC2)cc1. The number of carbonyl (C=O) groups is 2. The van der Waals surface area contributed by atoms with E-state index in [-0.39, 0.29) is 11.8 Å². The molecular formula is C14H15NO3. The Morgan fingerprint density at radius 1 is 1.22 bits per heavy atom. The van der Waals surface area contributed by atoms with Gasteiger partial charge >= 0.3 is 5.97 Å². The molecule has 2 N–H and O–H groups in total. The van der Waals surface area contributed by atoms with E-state index in [0.717, 1.165) is 36.6 Å². The van der Waals surface area contributed by atoms with Crippen LogP contribution in [-0.4, -0.2) is 17.0 Å². The number of hydrogen-bond donors (Lipinski definition) is 2. The molecule has 2 rings (SSSR count). The van der Waals surface area contributed by atoms with Crippen LogP contribution < -0.4 is 5.32 Å². The number of amides is 1. The number of aliphatic carboxylic acids is 1. The van der Waals surface area contributed by atoms with Gasteiger partial charge in [0.25, 0.3) is 0 Å². The maximum Gasteiger partial charge on any atom is 0.328 e. The average molecular weight is 245 g/mol. The van der Waals surface area contributed by atoms with E-state index in [1.165, 1.54) is 6.08 Å². The van der Waals surface area contributed by atoms with Crippen LogP contribution in [0.25, 0.3) is 6.08 Å².